The predicted octanol–water partition coefficient (Wildman–Crippen LogP) is 5.50. The molecule has 5 rings (SSSR count). The molecule has 3 heterocycles. The number of ether oxygens (including phenoxy) is 1. The summed E-state index contributed by atoms with van der Waals surface area (Å²) in [4.78, 5) is 22.4. The fourth-order valence-electron chi connectivity index (χ4n) is 3.82. The van der Waals surface area contributed by atoms with Crippen LogP contribution < -0.4 is 4.90 Å². The van der Waals surface area contributed by atoms with Crippen LogP contribution in [0.5, 0.6) is 0 Å². The van der Waals surface area contributed by atoms with Gasteiger partial charge in [0.25, 0.3) is 5.91 Å². The summed E-state index contributed by atoms with van der Waals surface area (Å²) in [6, 6.07) is 17.3. The van der Waals surface area contributed by atoms with E-state index in [2.05, 4.69) is 26.0 Å². The molecule has 1 saturated heterocycles. The third-order valence-corrected chi connectivity index (χ3v) is 7.10. The van der Waals surface area contributed by atoms with Crippen molar-refractivity contribution in [3.05, 3.63) is 64.8 Å². The number of nitrogens with zero attached hydrogens (tertiary/aromatic N) is 4. The number of anilines is 1. The maximum Gasteiger partial charge on any atom is 0.282 e. The predicted molar refractivity (Wildman–Crippen MR) is 140 cm³/mol. The number of thiazole rings is 1. The normalized spacial score (nSPS) is 14.1. The highest BCUT2D eigenvalue weighted by Crippen LogP contribution is 2.32. The number of benzene rings is 2. The number of rotatable bonds is 7. The second-order valence-electron chi connectivity index (χ2n) is 7.82. The Labute approximate surface area is 216 Å². The Bertz CT molecular complexity index is 1240. The van der Waals surface area contributed by atoms with Crippen LogP contribution >= 0.6 is 39.7 Å². The molecule has 0 atom stereocenters. The molecule has 1 aliphatic rings. The fourth-order valence-corrected chi connectivity index (χ4v) is 5.36. The van der Waals surface area contributed by atoms with Gasteiger partial charge in [0.05, 0.1) is 23.4 Å². The van der Waals surface area contributed by atoms with E-state index in [1.807, 2.05) is 48.5 Å². The summed E-state index contributed by atoms with van der Waals surface area (Å²) in [5.74, 6) is 0.362. The molecule has 4 aromatic rings. The highest BCUT2D eigenvalue weighted by Gasteiger charge is 2.25. The maximum atomic E-state index is 13.5. The molecular formula is C24H24BrClN4O3S. The van der Waals surface area contributed by atoms with E-state index in [9.17, 15) is 4.79 Å². The Morgan fingerprint density at radius 1 is 1.12 bits per heavy atom. The first-order valence-corrected chi connectivity index (χ1v) is 12.5. The SMILES string of the molecule is Cl.O=C(c1cc(-c2ccccc2)on1)N(CCCN1CCOCC1)c1nc2ccc(Br)cc2s1. The molecule has 10 heteroatoms. The minimum absolute atomic E-state index is 0. The van der Waals surface area contributed by atoms with Gasteiger partial charge in [-0.15, -0.1) is 12.4 Å². The third kappa shape index (κ3) is 5.67. The molecule has 7 nitrogen and oxygen atoms in total. The van der Waals surface area contributed by atoms with Gasteiger partial charge < -0.3 is 9.26 Å². The lowest BCUT2D eigenvalue weighted by Gasteiger charge is -2.27. The van der Waals surface area contributed by atoms with E-state index >= 15 is 0 Å². The van der Waals surface area contributed by atoms with Gasteiger partial charge in [-0.1, -0.05) is 62.8 Å². The van der Waals surface area contributed by atoms with Gasteiger partial charge in [0.15, 0.2) is 16.6 Å². The minimum atomic E-state index is -0.207. The van der Waals surface area contributed by atoms with Gasteiger partial charge >= 0.3 is 0 Å². The third-order valence-electron chi connectivity index (χ3n) is 5.56. The van der Waals surface area contributed by atoms with E-state index in [4.69, 9.17) is 14.2 Å². The van der Waals surface area contributed by atoms with Crippen LogP contribution in [-0.2, 0) is 4.74 Å². The smallest absolute Gasteiger partial charge is 0.282 e. The van der Waals surface area contributed by atoms with Gasteiger partial charge in [-0.05, 0) is 24.6 Å². The molecule has 0 N–H and O–H groups in total. The molecule has 1 fully saturated rings. The topological polar surface area (TPSA) is 71.7 Å². The Morgan fingerprint density at radius 3 is 2.71 bits per heavy atom. The molecule has 0 aliphatic carbocycles. The molecule has 2 aromatic carbocycles. The van der Waals surface area contributed by atoms with Crippen molar-refractivity contribution in [2.24, 2.45) is 0 Å². The molecular weight excluding hydrogens is 540 g/mol. The highest BCUT2D eigenvalue weighted by atomic mass is 79.9. The van der Waals surface area contributed by atoms with Crippen molar-refractivity contribution in [3.63, 3.8) is 0 Å². The zero-order chi connectivity index (χ0) is 22.6. The summed E-state index contributed by atoms with van der Waals surface area (Å²) < 4.78 is 12.9. The van der Waals surface area contributed by atoms with Crippen molar-refractivity contribution in [3.8, 4) is 11.3 Å². The van der Waals surface area contributed by atoms with Gasteiger partial charge in [-0.25, -0.2) is 4.98 Å². The molecule has 0 unspecified atom stereocenters. The summed E-state index contributed by atoms with van der Waals surface area (Å²) >= 11 is 5.02. The van der Waals surface area contributed by atoms with Gasteiger partial charge in [0.1, 0.15) is 0 Å². The first-order chi connectivity index (χ1) is 16.2. The lowest BCUT2D eigenvalue weighted by molar-refractivity contribution is 0.0376. The minimum Gasteiger partial charge on any atom is -0.379 e. The van der Waals surface area contributed by atoms with E-state index < -0.39 is 0 Å². The molecule has 34 heavy (non-hydrogen) atoms. The molecule has 1 amide bonds. The van der Waals surface area contributed by atoms with Crippen LogP contribution in [0.3, 0.4) is 0 Å². The first-order valence-electron chi connectivity index (χ1n) is 10.9. The number of hydrogen-bond donors (Lipinski definition) is 0. The number of halogens is 2. The van der Waals surface area contributed by atoms with Crippen molar-refractivity contribution < 1.29 is 14.1 Å². The highest BCUT2D eigenvalue weighted by molar-refractivity contribution is 9.10. The molecule has 0 spiro atoms. The number of amides is 1. The van der Waals surface area contributed by atoms with E-state index in [1.54, 1.807) is 11.0 Å². The zero-order valence-corrected chi connectivity index (χ0v) is 21.6. The summed E-state index contributed by atoms with van der Waals surface area (Å²) in [6.07, 6.45) is 0.828. The van der Waals surface area contributed by atoms with Crippen molar-refractivity contribution in [2.45, 2.75) is 6.42 Å². The molecule has 0 radical (unpaired) electrons. The first kappa shape index (κ1) is 24.8. The van der Waals surface area contributed by atoms with Crippen LogP contribution in [0.25, 0.3) is 21.5 Å². The van der Waals surface area contributed by atoms with Crippen LogP contribution in [0.15, 0.2) is 63.6 Å². The quantitative estimate of drug-likeness (QED) is 0.296. The average Bonchev–Trinajstić information content (AvgIpc) is 3.50. The number of carbonyl (C=O) groups is 1. The second kappa shape index (κ2) is 11.4. The van der Waals surface area contributed by atoms with Crippen LogP contribution in [0.2, 0.25) is 0 Å². The lowest BCUT2D eigenvalue weighted by Crippen LogP contribution is -2.39. The fraction of sp³-hybridized carbons (Fsp3) is 0.292. The van der Waals surface area contributed by atoms with Gasteiger partial charge in [-0.2, -0.15) is 0 Å². The molecule has 178 valence electrons. The number of morpholine rings is 1. The number of aromatic nitrogens is 2. The van der Waals surface area contributed by atoms with Crippen molar-refractivity contribution in [1.82, 2.24) is 15.0 Å². The maximum absolute atomic E-state index is 13.5. The van der Waals surface area contributed by atoms with Gasteiger partial charge in [-0.3, -0.25) is 14.6 Å². The Hall–Kier alpha value is -2.30. The monoisotopic (exact) mass is 562 g/mol. The van der Waals surface area contributed by atoms with E-state index in [0.717, 1.165) is 59.5 Å². The summed E-state index contributed by atoms with van der Waals surface area (Å²) in [5.41, 5.74) is 2.03. The lowest BCUT2D eigenvalue weighted by atomic mass is 10.1. The van der Waals surface area contributed by atoms with Gasteiger partial charge in [0.2, 0.25) is 0 Å². The largest absolute Gasteiger partial charge is 0.379 e. The summed E-state index contributed by atoms with van der Waals surface area (Å²) in [5, 5.41) is 4.75. The number of carbonyl (C=O) groups excluding carboxylic acids is 1. The van der Waals surface area contributed by atoms with E-state index in [0.29, 0.717) is 17.4 Å². The zero-order valence-electron chi connectivity index (χ0n) is 18.4. The summed E-state index contributed by atoms with van der Waals surface area (Å²) in [6.45, 7) is 4.81. The molecule has 0 saturated carbocycles. The van der Waals surface area contributed by atoms with Crippen LogP contribution in [0, 0.1) is 0 Å². The van der Waals surface area contributed by atoms with Crippen LogP contribution in [-0.4, -0.2) is 60.3 Å². The molecule has 2 aromatic heterocycles. The van der Waals surface area contributed by atoms with Crippen molar-refractivity contribution in [1.29, 1.82) is 0 Å². The van der Waals surface area contributed by atoms with Crippen LogP contribution in [0.4, 0.5) is 5.13 Å². The second-order valence-corrected chi connectivity index (χ2v) is 9.74. The number of fused-ring (bicyclic) bond motifs is 1. The van der Waals surface area contributed by atoms with Crippen LogP contribution in [0.1, 0.15) is 16.9 Å². The average molecular weight is 564 g/mol. The Kier molecular flexibility index (Phi) is 8.33. The summed E-state index contributed by atoms with van der Waals surface area (Å²) in [7, 11) is 0. The number of hydrogen-bond acceptors (Lipinski definition) is 7. The van der Waals surface area contributed by atoms with E-state index in [1.165, 1.54) is 11.3 Å². The standard InChI is InChI=1S/C24H23BrN4O3S.ClH/c25-18-7-8-19-22(15-18)33-24(26-19)29(10-4-9-28-11-13-31-14-12-28)23(30)20-16-21(32-27-20)17-5-2-1-3-6-17;/h1-3,5-8,15-16H,4,9-14H2;1H. The molecule has 0 bridgehead atoms. The Morgan fingerprint density at radius 2 is 1.91 bits per heavy atom. The Balaban J connectivity index is 0.00000274. The van der Waals surface area contributed by atoms with E-state index in [-0.39, 0.29) is 24.0 Å². The van der Waals surface area contributed by atoms with Crippen molar-refractivity contribution in [2.75, 3.05) is 44.3 Å². The molecule has 1 aliphatic heterocycles. The van der Waals surface area contributed by atoms with Gasteiger partial charge in [0, 0.05) is 42.3 Å². The van der Waals surface area contributed by atoms with Crippen molar-refractivity contribution >= 4 is 60.9 Å².